The molecule has 0 saturated heterocycles. The minimum atomic E-state index is 0.335. The molecule has 0 N–H and O–H groups in total. The highest BCUT2D eigenvalue weighted by Gasteiger charge is 2.05. The molecule has 0 fully saturated rings. The summed E-state index contributed by atoms with van der Waals surface area (Å²) in [4.78, 5) is 0. The first-order valence-electron chi connectivity index (χ1n) is 6.33. The lowest BCUT2D eigenvalue weighted by atomic mass is 10.1. The van der Waals surface area contributed by atoms with Crippen molar-refractivity contribution in [3.8, 4) is 0 Å². The molecular formula is C13H27O2. The van der Waals surface area contributed by atoms with Crippen LogP contribution in [0.1, 0.15) is 52.4 Å². The molecule has 0 aromatic rings. The molecule has 2 heteroatoms. The first-order chi connectivity index (χ1) is 7.35. The maximum Gasteiger partial charge on any atom is 0.0704 e. The van der Waals surface area contributed by atoms with Gasteiger partial charge >= 0.3 is 0 Å². The van der Waals surface area contributed by atoms with E-state index in [1.54, 1.807) is 0 Å². The molecule has 0 saturated carbocycles. The minimum absolute atomic E-state index is 0.335. The average molecular weight is 215 g/mol. The fourth-order valence-corrected chi connectivity index (χ4v) is 1.53. The van der Waals surface area contributed by atoms with E-state index in [4.69, 9.17) is 9.47 Å². The highest BCUT2D eigenvalue weighted by molar-refractivity contribution is 4.60. The predicted octanol–water partition coefficient (Wildman–Crippen LogP) is 3.60. The second kappa shape index (κ2) is 12.0. The Kier molecular flexibility index (Phi) is 11.9. The molecule has 1 atom stereocenters. The Morgan fingerprint density at radius 2 is 1.87 bits per heavy atom. The van der Waals surface area contributed by atoms with Crippen LogP contribution < -0.4 is 0 Å². The molecule has 0 aliphatic rings. The monoisotopic (exact) mass is 215 g/mol. The van der Waals surface area contributed by atoms with E-state index in [0.29, 0.717) is 19.3 Å². The van der Waals surface area contributed by atoms with Gasteiger partial charge in [0.05, 0.1) is 19.3 Å². The highest BCUT2D eigenvalue weighted by atomic mass is 16.5. The molecule has 0 aliphatic heterocycles. The smallest absolute Gasteiger partial charge is 0.0704 e. The molecule has 1 radical (unpaired) electrons. The second-order valence-corrected chi connectivity index (χ2v) is 3.83. The van der Waals surface area contributed by atoms with Crippen LogP contribution in [0.2, 0.25) is 0 Å². The van der Waals surface area contributed by atoms with Gasteiger partial charge in [0, 0.05) is 6.61 Å². The molecule has 0 amide bonds. The standard InChI is InChI=1S/C13H27O2/c1-4-7-8-9-10-13(5-2)15-12-11-14-6-3/h13H,2,4-12H2,1,3H3. The number of unbranched alkanes of at least 4 members (excludes halogenated alkanes) is 3. The van der Waals surface area contributed by atoms with Gasteiger partial charge in [-0.2, -0.15) is 0 Å². The van der Waals surface area contributed by atoms with Crippen molar-refractivity contribution in [2.45, 2.75) is 58.5 Å². The van der Waals surface area contributed by atoms with Crippen LogP contribution in [-0.2, 0) is 9.47 Å². The number of ether oxygens (including phenoxy) is 2. The third-order valence-corrected chi connectivity index (χ3v) is 2.49. The van der Waals surface area contributed by atoms with Gasteiger partial charge in [-0.05, 0) is 19.8 Å². The highest BCUT2D eigenvalue weighted by Crippen LogP contribution is 2.10. The molecular weight excluding hydrogens is 188 g/mol. The molecule has 0 aliphatic carbocycles. The van der Waals surface area contributed by atoms with Gasteiger partial charge in [0.1, 0.15) is 0 Å². The van der Waals surface area contributed by atoms with Crippen molar-refractivity contribution in [2.75, 3.05) is 19.8 Å². The van der Waals surface area contributed by atoms with E-state index >= 15 is 0 Å². The van der Waals surface area contributed by atoms with Gasteiger partial charge in [-0.3, -0.25) is 0 Å². The zero-order valence-electron chi connectivity index (χ0n) is 10.5. The SMILES string of the molecule is [CH2]CC(CCCCCC)OCCOCC. The maximum absolute atomic E-state index is 5.69. The largest absolute Gasteiger partial charge is 0.379 e. The van der Waals surface area contributed by atoms with E-state index in [2.05, 4.69) is 13.8 Å². The van der Waals surface area contributed by atoms with Crippen molar-refractivity contribution in [2.24, 2.45) is 0 Å². The van der Waals surface area contributed by atoms with E-state index in [0.717, 1.165) is 19.4 Å². The van der Waals surface area contributed by atoms with Gasteiger partial charge in [0.15, 0.2) is 0 Å². The molecule has 91 valence electrons. The van der Waals surface area contributed by atoms with Gasteiger partial charge in [0.25, 0.3) is 0 Å². The van der Waals surface area contributed by atoms with Crippen molar-refractivity contribution < 1.29 is 9.47 Å². The van der Waals surface area contributed by atoms with Crippen molar-refractivity contribution in [1.29, 1.82) is 0 Å². The Balaban J connectivity index is 3.29. The van der Waals surface area contributed by atoms with Crippen molar-refractivity contribution >= 4 is 0 Å². The Hall–Kier alpha value is -0.0800. The zero-order valence-corrected chi connectivity index (χ0v) is 10.5. The van der Waals surface area contributed by atoms with Crippen LogP contribution in [0.3, 0.4) is 0 Å². The van der Waals surface area contributed by atoms with E-state index in [-0.39, 0.29) is 0 Å². The van der Waals surface area contributed by atoms with Gasteiger partial charge in [-0.15, -0.1) is 0 Å². The van der Waals surface area contributed by atoms with E-state index < -0.39 is 0 Å². The quantitative estimate of drug-likeness (QED) is 0.490. The summed E-state index contributed by atoms with van der Waals surface area (Å²) in [5.41, 5.74) is 0. The topological polar surface area (TPSA) is 18.5 Å². The minimum Gasteiger partial charge on any atom is -0.379 e. The fraction of sp³-hybridized carbons (Fsp3) is 0.923. The molecule has 0 rings (SSSR count). The van der Waals surface area contributed by atoms with Crippen LogP contribution in [0, 0.1) is 6.92 Å². The molecule has 0 aromatic carbocycles. The summed E-state index contributed by atoms with van der Waals surface area (Å²) in [7, 11) is 0. The summed E-state index contributed by atoms with van der Waals surface area (Å²) in [6, 6.07) is 0. The molecule has 1 unspecified atom stereocenters. The summed E-state index contributed by atoms with van der Waals surface area (Å²) in [6.07, 6.45) is 7.57. The van der Waals surface area contributed by atoms with Gasteiger partial charge in [0.2, 0.25) is 0 Å². The Labute approximate surface area is 95.3 Å². The van der Waals surface area contributed by atoms with Crippen LogP contribution >= 0.6 is 0 Å². The van der Waals surface area contributed by atoms with Crippen LogP contribution in [0.25, 0.3) is 0 Å². The number of rotatable bonds is 11. The number of hydrogen-bond acceptors (Lipinski definition) is 2. The maximum atomic E-state index is 5.69. The second-order valence-electron chi connectivity index (χ2n) is 3.83. The fourth-order valence-electron chi connectivity index (χ4n) is 1.53. The lowest BCUT2D eigenvalue weighted by Gasteiger charge is -2.15. The van der Waals surface area contributed by atoms with Crippen LogP contribution in [-0.4, -0.2) is 25.9 Å². The van der Waals surface area contributed by atoms with E-state index in [1.165, 1.54) is 25.7 Å². The average Bonchev–Trinajstić information content (AvgIpc) is 2.27. The normalized spacial score (nSPS) is 13.0. The van der Waals surface area contributed by atoms with Crippen LogP contribution in [0.5, 0.6) is 0 Å². The Bertz CT molecular complexity index is 103. The summed E-state index contributed by atoms with van der Waals surface area (Å²) < 4.78 is 10.9. The molecule has 2 nitrogen and oxygen atoms in total. The first kappa shape index (κ1) is 14.9. The van der Waals surface area contributed by atoms with Gasteiger partial charge in [-0.25, -0.2) is 0 Å². The summed E-state index contributed by atoms with van der Waals surface area (Å²) in [5.74, 6) is 0. The molecule has 0 heterocycles. The van der Waals surface area contributed by atoms with Crippen LogP contribution in [0.4, 0.5) is 0 Å². The summed E-state index contributed by atoms with van der Waals surface area (Å²) in [6.45, 7) is 10.3. The third kappa shape index (κ3) is 10.2. The summed E-state index contributed by atoms with van der Waals surface area (Å²) >= 11 is 0. The molecule has 0 spiro atoms. The van der Waals surface area contributed by atoms with Gasteiger partial charge < -0.3 is 9.47 Å². The Morgan fingerprint density at radius 1 is 1.07 bits per heavy atom. The van der Waals surface area contributed by atoms with Crippen molar-refractivity contribution in [1.82, 2.24) is 0 Å². The number of hydrogen-bond donors (Lipinski definition) is 0. The molecule has 15 heavy (non-hydrogen) atoms. The van der Waals surface area contributed by atoms with Crippen molar-refractivity contribution in [3.05, 3.63) is 6.92 Å². The Morgan fingerprint density at radius 3 is 2.47 bits per heavy atom. The van der Waals surface area contributed by atoms with E-state index in [1.807, 2.05) is 6.92 Å². The van der Waals surface area contributed by atoms with Crippen molar-refractivity contribution in [3.63, 3.8) is 0 Å². The third-order valence-electron chi connectivity index (χ3n) is 2.49. The zero-order chi connectivity index (χ0) is 11.4. The summed E-state index contributed by atoms with van der Waals surface area (Å²) in [5, 5.41) is 0. The molecule has 0 aromatic heterocycles. The predicted molar refractivity (Wildman–Crippen MR) is 65.0 cm³/mol. The first-order valence-corrected chi connectivity index (χ1v) is 6.33. The van der Waals surface area contributed by atoms with E-state index in [9.17, 15) is 0 Å². The van der Waals surface area contributed by atoms with Crippen LogP contribution in [0.15, 0.2) is 0 Å². The lowest BCUT2D eigenvalue weighted by Crippen LogP contribution is -2.15. The molecule has 0 bridgehead atoms. The lowest BCUT2D eigenvalue weighted by molar-refractivity contribution is 0.00409. The van der Waals surface area contributed by atoms with Gasteiger partial charge in [-0.1, -0.05) is 39.5 Å².